The summed E-state index contributed by atoms with van der Waals surface area (Å²) < 4.78 is 5.38. The molecule has 3 amide bonds. The van der Waals surface area contributed by atoms with Crippen molar-refractivity contribution in [3.8, 4) is 5.75 Å². The molecule has 3 rings (SSSR count). The number of rotatable bonds is 12. The van der Waals surface area contributed by atoms with Gasteiger partial charge in [0.25, 0.3) is 11.8 Å². The van der Waals surface area contributed by atoms with Crippen molar-refractivity contribution in [1.29, 1.82) is 0 Å². The topological polar surface area (TPSA) is 131 Å². The van der Waals surface area contributed by atoms with Crippen molar-refractivity contribution in [3.63, 3.8) is 0 Å². The maximum absolute atomic E-state index is 13.0. The summed E-state index contributed by atoms with van der Waals surface area (Å²) in [4.78, 5) is 58.1. The van der Waals surface area contributed by atoms with Crippen molar-refractivity contribution in [3.05, 3.63) is 102 Å². The van der Waals surface area contributed by atoms with Crippen LogP contribution in [0.1, 0.15) is 18.2 Å². The minimum atomic E-state index is -1.15. The van der Waals surface area contributed by atoms with Gasteiger partial charge >= 0.3 is 0 Å². The minimum Gasteiger partial charge on any atom is -0.485 e. The number of hydrogen-bond acceptors (Lipinski definition) is 6. The number of nitrogens with zero attached hydrogens (tertiary/aromatic N) is 2. The van der Waals surface area contributed by atoms with E-state index in [0.717, 1.165) is 5.56 Å². The molecule has 2 aromatic carbocycles. The number of ether oxygens (including phenoxy) is 1. The number of hydrogen-bond donors (Lipinski definition) is 3. The summed E-state index contributed by atoms with van der Waals surface area (Å²) in [7, 11) is 0. The lowest BCUT2D eigenvalue weighted by Gasteiger charge is -2.21. The van der Waals surface area contributed by atoms with Crippen molar-refractivity contribution in [2.24, 2.45) is 0 Å². The zero-order chi connectivity index (χ0) is 27.3. The SMILES string of the molecule is [C-]#[N+]c1cccc(OCC(=O)N[C@H](C)C(=O)N[C@H](Cc2ccccc2)C(=O)C(=O)NCc2ccccn2)c1. The number of carbonyl (C=O) groups excluding carboxylic acids is 4. The third-order valence-electron chi connectivity index (χ3n) is 5.38. The van der Waals surface area contributed by atoms with Gasteiger partial charge in [-0.3, -0.25) is 24.2 Å². The van der Waals surface area contributed by atoms with E-state index < -0.39 is 35.6 Å². The molecule has 0 unspecified atom stereocenters. The number of pyridine rings is 1. The lowest BCUT2D eigenvalue weighted by atomic mass is 10.0. The molecule has 0 saturated heterocycles. The number of aromatic nitrogens is 1. The predicted molar refractivity (Wildman–Crippen MR) is 139 cm³/mol. The molecule has 0 radical (unpaired) electrons. The molecule has 3 N–H and O–H groups in total. The molecule has 194 valence electrons. The highest BCUT2D eigenvalue weighted by atomic mass is 16.5. The van der Waals surface area contributed by atoms with Crippen LogP contribution in [0.4, 0.5) is 5.69 Å². The van der Waals surface area contributed by atoms with Gasteiger partial charge in [0, 0.05) is 12.6 Å². The summed E-state index contributed by atoms with van der Waals surface area (Å²) in [6, 6.07) is 18.3. The number of ketones is 1. The van der Waals surface area contributed by atoms with E-state index >= 15 is 0 Å². The highest BCUT2D eigenvalue weighted by molar-refractivity contribution is 6.38. The van der Waals surface area contributed by atoms with Crippen LogP contribution >= 0.6 is 0 Å². The van der Waals surface area contributed by atoms with E-state index in [-0.39, 0.29) is 19.6 Å². The van der Waals surface area contributed by atoms with E-state index in [9.17, 15) is 19.2 Å². The van der Waals surface area contributed by atoms with Crippen LogP contribution in [0.2, 0.25) is 0 Å². The summed E-state index contributed by atoms with van der Waals surface area (Å²) >= 11 is 0. The summed E-state index contributed by atoms with van der Waals surface area (Å²) in [5.41, 5.74) is 1.70. The third kappa shape index (κ3) is 8.57. The molecule has 10 heteroatoms. The molecule has 0 fully saturated rings. The van der Waals surface area contributed by atoms with E-state index in [2.05, 4.69) is 25.8 Å². The normalized spacial score (nSPS) is 11.8. The number of benzene rings is 2. The lowest BCUT2D eigenvalue weighted by Crippen LogP contribution is -2.54. The maximum atomic E-state index is 13.0. The molecule has 1 aromatic heterocycles. The Hall–Kier alpha value is -5.04. The van der Waals surface area contributed by atoms with E-state index in [1.165, 1.54) is 13.0 Å². The zero-order valence-corrected chi connectivity index (χ0v) is 20.7. The molecule has 38 heavy (non-hydrogen) atoms. The second-order valence-corrected chi connectivity index (χ2v) is 8.31. The monoisotopic (exact) mass is 513 g/mol. The van der Waals surface area contributed by atoms with Gasteiger partial charge in [-0.1, -0.05) is 48.5 Å². The van der Waals surface area contributed by atoms with Crippen LogP contribution in [-0.2, 0) is 32.1 Å². The largest absolute Gasteiger partial charge is 0.485 e. The first-order valence-corrected chi connectivity index (χ1v) is 11.8. The quantitative estimate of drug-likeness (QED) is 0.251. The number of amides is 3. The Balaban J connectivity index is 1.59. The Morgan fingerprint density at radius 2 is 1.74 bits per heavy atom. The fourth-order valence-electron chi connectivity index (χ4n) is 3.42. The van der Waals surface area contributed by atoms with Crippen LogP contribution in [-0.4, -0.2) is 47.2 Å². The molecule has 3 aromatic rings. The predicted octanol–water partition coefficient (Wildman–Crippen LogP) is 2.13. The van der Waals surface area contributed by atoms with E-state index in [0.29, 0.717) is 17.1 Å². The first-order valence-electron chi connectivity index (χ1n) is 11.8. The minimum absolute atomic E-state index is 0.0582. The molecule has 0 aliphatic rings. The fourth-order valence-corrected chi connectivity index (χ4v) is 3.42. The van der Waals surface area contributed by atoms with Crippen LogP contribution < -0.4 is 20.7 Å². The van der Waals surface area contributed by atoms with Crippen LogP contribution in [0.3, 0.4) is 0 Å². The Labute approximate surface area is 220 Å². The summed E-state index contributed by atoms with van der Waals surface area (Å²) in [5.74, 6) is -2.54. The van der Waals surface area contributed by atoms with Crippen LogP contribution in [0.15, 0.2) is 79.0 Å². The van der Waals surface area contributed by atoms with Crippen molar-refractivity contribution in [2.75, 3.05) is 6.61 Å². The second-order valence-electron chi connectivity index (χ2n) is 8.31. The van der Waals surface area contributed by atoms with Gasteiger partial charge in [-0.05, 0) is 36.8 Å². The number of nitrogens with one attached hydrogen (secondary N) is 3. The van der Waals surface area contributed by atoms with Gasteiger partial charge in [-0.15, -0.1) is 0 Å². The molecule has 10 nitrogen and oxygen atoms in total. The second kappa shape index (κ2) is 13.9. The molecule has 0 aliphatic heterocycles. The van der Waals surface area contributed by atoms with Crippen molar-refractivity contribution >= 4 is 29.2 Å². The molecule has 0 spiro atoms. The highest BCUT2D eigenvalue weighted by Gasteiger charge is 2.29. The summed E-state index contributed by atoms with van der Waals surface area (Å²) in [6.07, 6.45) is 1.66. The Morgan fingerprint density at radius 3 is 2.45 bits per heavy atom. The van der Waals surface area contributed by atoms with E-state index in [1.807, 2.05) is 6.07 Å². The molecular formula is C28H27N5O5. The fraction of sp³-hybridized carbons (Fsp3) is 0.214. The van der Waals surface area contributed by atoms with Gasteiger partial charge < -0.3 is 20.7 Å². The van der Waals surface area contributed by atoms with Gasteiger partial charge in [0.05, 0.1) is 18.8 Å². The summed E-state index contributed by atoms with van der Waals surface area (Å²) in [6.45, 7) is 8.18. The lowest BCUT2D eigenvalue weighted by molar-refractivity contribution is -0.140. The smallest absolute Gasteiger partial charge is 0.289 e. The first-order chi connectivity index (χ1) is 18.4. The Kier molecular flexibility index (Phi) is 10.1. The first kappa shape index (κ1) is 27.5. The maximum Gasteiger partial charge on any atom is 0.289 e. The van der Waals surface area contributed by atoms with E-state index in [4.69, 9.17) is 11.3 Å². The third-order valence-corrected chi connectivity index (χ3v) is 5.38. The average Bonchev–Trinajstić information content (AvgIpc) is 2.95. The van der Waals surface area contributed by atoms with Gasteiger partial charge in [0.1, 0.15) is 17.8 Å². The Morgan fingerprint density at radius 1 is 0.974 bits per heavy atom. The molecule has 2 atom stereocenters. The van der Waals surface area contributed by atoms with Crippen LogP contribution in [0.5, 0.6) is 5.75 Å². The van der Waals surface area contributed by atoms with Gasteiger partial charge in [-0.25, -0.2) is 4.85 Å². The molecular weight excluding hydrogens is 486 g/mol. The molecule has 0 aliphatic carbocycles. The molecule has 1 heterocycles. The standard InChI is InChI=1S/C28H27N5O5/c1-19(32-25(34)18-38-23-13-8-12-21(16-23)29-2)27(36)33-24(15-20-9-4-3-5-10-20)26(35)28(37)31-17-22-11-6-7-14-30-22/h3-14,16,19,24H,15,17-18H2,1H3,(H,31,37)(H,32,34)(H,33,36)/t19-,24-/m1/s1. The highest BCUT2D eigenvalue weighted by Crippen LogP contribution is 2.19. The summed E-state index contributed by atoms with van der Waals surface area (Å²) in [5, 5.41) is 7.62. The van der Waals surface area contributed by atoms with Gasteiger partial charge in [-0.2, -0.15) is 0 Å². The van der Waals surface area contributed by atoms with Crippen LogP contribution in [0.25, 0.3) is 4.85 Å². The molecule has 0 saturated carbocycles. The van der Waals surface area contributed by atoms with Crippen LogP contribution in [0, 0.1) is 6.57 Å². The molecule has 0 bridgehead atoms. The van der Waals surface area contributed by atoms with Crippen molar-refractivity contribution in [1.82, 2.24) is 20.9 Å². The van der Waals surface area contributed by atoms with Gasteiger partial charge in [0.2, 0.25) is 11.7 Å². The average molecular weight is 514 g/mol. The zero-order valence-electron chi connectivity index (χ0n) is 20.7. The van der Waals surface area contributed by atoms with E-state index in [1.54, 1.807) is 66.9 Å². The van der Waals surface area contributed by atoms with Crippen molar-refractivity contribution in [2.45, 2.75) is 32.0 Å². The van der Waals surface area contributed by atoms with Gasteiger partial charge in [0.15, 0.2) is 12.3 Å². The van der Waals surface area contributed by atoms with Crippen molar-refractivity contribution < 1.29 is 23.9 Å². The number of carbonyl (C=O) groups is 4. The number of Topliss-reactive ketones (excluding diaryl/α,β-unsaturated/α-hetero) is 1. The Bertz CT molecular complexity index is 1310.